The van der Waals surface area contributed by atoms with Crippen LogP contribution < -0.4 is 0 Å². The Hall–Kier alpha value is -1.55. The van der Waals surface area contributed by atoms with Gasteiger partial charge in [-0.3, -0.25) is 4.79 Å². The number of hydrogen-bond acceptors (Lipinski definition) is 1. The third-order valence-electron chi connectivity index (χ3n) is 2.36. The van der Waals surface area contributed by atoms with Crippen molar-refractivity contribution in [1.29, 1.82) is 0 Å². The first-order chi connectivity index (χ1) is 7.58. The number of aryl methyl sites for hydroxylation is 1. The van der Waals surface area contributed by atoms with Crippen molar-refractivity contribution in [3.05, 3.63) is 35.2 Å². The van der Waals surface area contributed by atoms with Crippen LogP contribution in [-0.4, -0.2) is 15.6 Å². The van der Waals surface area contributed by atoms with E-state index in [1.165, 1.54) is 12.1 Å². The molecule has 0 unspecified atom stereocenters. The average molecular weight is 242 g/mol. The van der Waals surface area contributed by atoms with Crippen LogP contribution in [0.15, 0.2) is 24.4 Å². The molecule has 5 heteroatoms. The fraction of sp³-hybridized carbons (Fsp3) is 0.182. The Bertz CT molecular complexity index is 550. The lowest BCUT2D eigenvalue weighted by molar-refractivity contribution is -0.137. The van der Waals surface area contributed by atoms with Gasteiger partial charge in [0.05, 0.1) is 11.4 Å². The van der Waals surface area contributed by atoms with Crippen LogP contribution in [0.25, 0.3) is 10.9 Å². The molecule has 0 aliphatic heterocycles. The summed E-state index contributed by atoms with van der Waals surface area (Å²) >= 11 is 5.93. The van der Waals surface area contributed by atoms with Gasteiger partial charge in [-0.2, -0.15) is 0 Å². The highest BCUT2D eigenvalue weighted by molar-refractivity contribution is 6.35. The molecule has 1 heterocycles. The van der Waals surface area contributed by atoms with Gasteiger partial charge < -0.3 is 9.67 Å². The van der Waals surface area contributed by atoms with E-state index in [1.54, 1.807) is 16.8 Å². The van der Waals surface area contributed by atoms with Crippen molar-refractivity contribution in [2.75, 3.05) is 0 Å². The Morgan fingerprint density at radius 1 is 1.50 bits per heavy atom. The van der Waals surface area contributed by atoms with Gasteiger partial charge in [0.15, 0.2) is 0 Å². The maximum Gasteiger partial charge on any atom is 0.305 e. The van der Waals surface area contributed by atoms with Crippen molar-refractivity contribution in [2.45, 2.75) is 13.0 Å². The molecule has 0 amide bonds. The van der Waals surface area contributed by atoms with Crippen LogP contribution in [0.3, 0.4) is 0 Å². The Morgan fingerprint density at radius 2 is 2.25 bits per heavy atom. The van der Waals surface area contributed by atoms with Gasteiger partial charge in [-0.1, -0.05) is 11.6 Å². The molecule has 2 aromatic rings. The summed E-state index contributed by atoms with van der Waals surface area (Å²) in [7, 11) is 0. The quantitative estimate of drug-likeness (QED) is 0.898. The van der Waals surface area contributed by atoms with Gasteiger partial charge in [0.25, 0.3) is 0 Å². The predicted molar refractivity (Wildman–Crippen MR) is 59.2 cm³/mol. The molecule has 3 nitrogen and oxygen atoms in total. The summed E-state index contributed by atoms with van der Waals surface area (Å²) in [4.78, 5) is 10.5. The molecule has 0 bridgehead atoms. The molecule has 0 atom stereocenters. The van der Waals surface area contributed by atoms with Gasteiger partial charge in [0.1, 0.15) is 5.82 Å². The normalized spacial score (nSPS) is 10.9. The van der Waals surface area contributed by atoms with Crippen LogP contribution >= 0.6 is 11.6 Å². The standard InChI is InChI=1S/C11H9ClFNO2/c12-9-6-14(4-3-11(15)16)10-2-1-7(13)5-8(9)10/h1-2,5-6H,3-4H2,(H,15,16). The van der Waals surface area contributed by atoms with E-state index in [4.69, 9.17) is 16.7 Å². The Kier molecular flexibility index (Phi) is 2.83. The van der Waals surface area contributed by atoms with Gasteiger partial charge in [-0.05, 0) is 18.2 Å². The number of carboxylic acids is 1. The average Bonchev–Trinajstić information content (AvgIpc) is 2.53. The monoisotopic (exact) mass is 241 g/mol. The molecule has 1 aromatic heterocycles. The summed E-state index contributed by atoms with van der Waals surface area (Å²) in [5.41, 5.74) is 0.743. The van der Waals surface area contributed by atoms with E-state index in [9.17, 15) is 9.18 Å². The maximum atomic E-state index is 13.0. The van der Waals surface area contributed by atoms with Crippen LogP contribution in [-0.2, 0) is 11.3 Å². The van der Waals surface area contributed by atoms with E-state index in [2.05, 4.69) is 0 Å². The number of fused-ring (bicyclic) bond motifs is 1. The fourth-order valence-electron chi connectivity index (χ4n) is 1.63. The number of benzene rings is 1. The van der Waals surface area contributed by atoms with E-state index in [0.717, 1.165) is 5.52 Å². The number of aliphatic carboxylic acids is 1. The minimum absolute atomic E-state index is 0.0114. The van der Waals surface area contributed by atoms with Crippen molar-refractivity contribution < 1.29 is 14.3 Å². The van der Waals surface area contributed by atoms with Crippen LogP contribution in [0.4, 0.5) is 4.39 Å². The van der Waals surface area contributed by atoms with Gasteiger partial charge in [0.2, 0.25) is 0 Å². The molecular formula is C11H9ClFNO2. The number of aromatic nitrogens is 1. The van der Waals surface area contributed by atoms with Gasteiger partial charge >= 0.3 is 5.97 Å². The first-order valence-corrected chi connectivity index (χ1v) is 5.11. The highest BCUT2D eigenvalue weighted by Crippen LogP contribution is 2.26. The number of halogens is 2. The first-order valence-electron chi connectivity index (χ1n) is 4.73. The second-order valence-electron chi connectivity index (χ2n) is 3.48. The highest BCUT2D eigenvalue weighted by Gasteiger charge is 2.08. The van der Waals surface area contributed by atoms with E-state index >= 15 is 0 Å². The van der Waals surface area contributed by atoms with Gasteiger partial charge in [-0.25, -0.2) is 4.39 Å². The number of carboxylic acid groups (broad SMARTS) is 1. The summed E-state index contributed by atoms with van der Waals surface area (Å²) in [6.07, 6.45) is 1.63. The van der Waals surface area contributed by atoms with Crippen LogP contribution in [0.5, 0.6) is 0 Å². The molecule has 84 valence electrons. The Labute approximate surface area is 96.1 Å². The van der Waals surface area contributed by atoms with Crippen LogP contribution in [0, 0.1) is 5.82 Å². The van der Waals surface area contributed by atoms with Crippen LogP contribution in [0.1, 0.15) is 6.42 Å². The zero-order chi connectivity index (χ0) is 11.7. The number of rotatable bonds is 3. The minimum atomic E-state index is -0.875. The zero-order valence-corrected chi connectivity index (χ0v) is 9.04. The second-order valence-corrected chi connectivity index (χ2v) is 3.88. The first kappa shape index (κ1) is 11.0. The summed E-state index contributed by atoms with van der Waals surface area (Å²) in [5.74, 6) is -1.23. The van der Waals surface area contributed by atoms with Crippen molar-refractivity contribution >= 4 is 28.5 Å². The maximum absolute atomic E-state index is 13.0. The molecule has 0 spiro atoms. The number of nitrogens with zero attached hydrogens (tertiary/aromatic N) is 1. The minimum Gasteiger partial charge on any atom is -0.481 e. The molecule has 2 rings (SSSR count). The summed E-state index contributed by atoms with van der Waals surface area (Å²) < 4.78 is 14.7. The predicted octanol–water partition coefficient (Wildman–Crippen LogP) is 2.91. The number of carbonyl (C=O) groups is 1. The topological polar surface area (TPSA) is 42.2 Å². The molecule has 0 saturated carbocycles. The van der Waals surface area contributed by atoms with Crippen molar-refractivity contribution in [1.82, 2.24) is 4.57 Å². The molecule has 1 aromatic carbocycles. The molecule has 0 radical (unpaired) electrons. The smallest absolute Gasteiger partial charge is 0.305 e. The van der Waals surface area contributed by atoms with Gasteiger partial charge in [0, 0.05) is 23.6 Å². The highest BCUT2D eigenvalue weighted by atomic mass is 35.5. The fourth-order valence-corrected chi connectivity index (χ4v) is 1.90. The van der Waals surface area contributed by atoms with Crippen molar-refractivity contribution in [2.24, 2.45) is 0 Å². The molecule has 16 heavy (non-hydrogen) atoms. The summed E-state index contributed by atoms with van der Waals surface area (Å²) in [6.45, 7) is 0.324. The van der Waals surface area contributed by atoms with E-state index in [1.807, 2.05) is 0 Å². The molecule has 0 fully saturated rings. The molecule has 0 saturated heterocycles. The Balaban J connectivity index is 2.43. The number of hydrogen-bond donors (Lipinski definition) is 1. The zero-order valence-electron chi connectivity index (χ0n) is 8.28. The Morgan fingerprint density at radius 3 is 2.94 bits per heavy atom. The van der Waals surface area contributed by atoms with E-state index < -0.39 is 5.97 Å². The molecule has 0 aliphatic carbocycles. The third-order valence-corrected chi connectivity index (χ3v) is 2.66. The summed E-state index contributed by atoms with van der Waals surface area (Å²) in [5, 5.41) is 9.63. The largest absolute Gasteiger partial charge is 0.481 e. The third kappa shape index (κ3) is 2.02. The summed E-state index contributed by atoms with van der Waals surface area (Å²) in [6, 6.07) is 4.27. The molecular weight excluding hydrogens is 233 g/mol. The SMILES string of the molecule is O=C(O)CCn1cc(Cl)c2cc(F)ccc21. The lowest BCUT2D eigenvalue weighted by Crippen LogP contribution is -2.03. The van der Waals surface area contributed by atoms with Crippen molar-refractivity contribution in [3.8, 4) is 0 Å². The van der Waals surface area contributed by atoms with E-state index in [-0.39, 0.29) is 12.2 Å². The van der Waals surface area contributed by atoms with Crippen molar-refractivity contribution in [3.63, 3.8) is 0 Å². The second kappa shape index (κ2) is 4.14. The lowest BCUT2D eigenvalue weighted by Gasteiger charge is -2.02. The van der Waals surface area contributed by atoms with E-state index in [0.29, 0.717) is 17.0 Å². The van der Waals surface area contributed by atoms with Gasteiger partial charge in [-0.15, -0.1) is 0 Å². The van der Waals surface area contributed by atoms with Crippen LogP contribution in [0.2, 0.25) is 5.02 Å². The molecule has 1 N–H and O–H groups in total. The molecule has 0 aliphatic rings. The lowest BCUT2D eigenvalue weighted by atomic mass is 10.2.